The molecule has 138 valence electrons. The van der Waals surface area contributed by atoms with Crippen LogP contribution in [0.15, 0.2) is 22.8 Å². The lowest BCUT2D eigenvalue weighted by atomic mass is 9.82. The lowest BCUT2D eigenvalue weighted by molar-refractivity contribution is -0.129. The molecule has 0 aromatic carbocycles. The smallest absolute Gasteiger partial charge is 0.225 e. The van der Waals surface area contributed by atoms with Crippen molar-refractivity contribution in [1.29, 1.82) is 0 Å². The number of nitrogens with one attached hydrogen (secondary N) is 1. The first-order valence-corrected chi connectivity index (χ1v) is 9.38. The Labute approximate surface area is 148 Å². The van der Waals surface area contributed by atoms with Crippen molar-refractivity contribution in [2.75, 3.05) is 13.2 Å². The molecule has 0 unspecified atom stereocenters. The lowest BCUT2D eigenvalue weighted by Gasteiger charge is -2.31. The first-order chi connectivity index (χ1) is 12.2. The molecule has 1 aromatic heterocycles. The maximum atomic E-state index is 12.7. The highest BCUT2D eigenvalue weighted by atomic mass is 16.3. The first-order valence-electron chi connectivity index (χ1n) is 9.38. The molecule has 1 saturated carbocycles. The number of aliphatic hydroxyl groups is 1. The van der Waals surface area contributed by atoms with E-state index in [0.717, 1.165) is 18.6 Å². The summed E-state index contributed by atoms with van der Waals surface area (Å²) in [4.78, 5) is 26.5. The Balaban J connectivity index is 1.55. The number of carbonyl (C=O) groups excluding carboxylic acids is 2. The van der Waals surface area contributed by atoms with Crippen molar-refractivity contribution in [2.45, 2.75) is 57.5 Å². The Bertz CT molecular complexity index is 566. The number of furan rings is 1. The summed E-state index contributed by atoms with van der Waals surface area (Å²) >= 11 is 0. The van der Waals surface area contributed by atoms with Crippen LogP contribution in [0.1, 0.15) is 50.7 Å². The third-order valence-corrected chi connectivity index (χ3v) is 5.50. The molecular weight excluding hydrogens is 320 g/mol. The normalized spacial score (nSPS) is 23.0. The van der Waals surface area contributed by atoms with Gasteiger partial charge >= 0.3 is 0 Å². The van der Waals surface area contributed by atoms with Gasteiger partial charge in [-0.2, -0.15) is 0 Å². The third kappa shape index (κ3) is 4.63. The second-order valence-corrected chi connectivity index (χ2v) is 7.28. The maximum Gasteiger partial charge on any atom is 0.225 e. The molecule has 0 spiro atoms. The van der Waals surface area contributed by atoms with E-state index in [4.69, 9.17) is 4.42 Å². The van der Waals surface area contributed by atoms with Gasteiger partial charge in [0, 0.05) is 25.6 Å². The lowest BCUT2D eigenvalue weighted by Crippen LogP contribution is -2.44. The Hall–Kier alpha value is -1.82. The second-order valence-electron chi connectivity index (χ2n) is 7.28. The predicted molar refractivity (Wildman–Crippen MR) is 92.4 cm³/mol. The van der Waals surface area contributed by atoms with Gasteiger partial charge in [0.25, 0.3) is 0 Å². The molecule has 2 heterocycles. The molecule has 1 aliphatic carbocycles. The highest BCUT2D eigenvalue weighted by Crippen LogP contribution is 2.28. The summed E-state index contributed by atoms with van der Waals surface area (Å²) in [7, 11) is 0. The molecular formula is C19H28N2O4. The molecule has 3 rings (SSSR count). The van der Waals surface area contributed by atoms with Crippen LogP contribution < -0.4 is 5.32 Å². The fourth-order valence-electron chi connectivity index (χ4n) is 4.09. The minimum Gasteiger partial charge on any atom is -0.467 e. The van der Waals surface area contributed by atoms with Gasteiger partial charge in [-0.3, -0.25) is 9.59 Å². The van der Waals surface area contributed by atoms with Crippen LogP contribution in [-0.2, 0) is 16.1 Å². The molecule has 0 radical (unpaired) electrons. The molecule has 1 saturated heterocycles. The van der Waals surface area contributed by atoms with Gasteiger partial charge in [0.05, 0.1) is 18.7 Å². The molecule has 2 aliphatic rings. The molecule has 6 heteroatoms. The van der Waals surface area contributed by atoms with Crippen LogP contribution in [0.25, 0.3) is 0 Å². The third-order valence-electron chi connectivity index (χ3n) is 5.50. The van der Waals surface area contributed by atoms with Crippen LogP contribution in [0.5, 0.6) is 0 Å². The molecule has 1 aromatic rings. The van der Waals surface area contributed by atoms with Crippen LogP contribution in [0.3, 0.4) is 0 Å². The molecule has 2 N–H and O–H groups in total. The topological polar surface area (TPSA) is 82.8 Å². The summed E-state index contributed by atoms with van der Waals surface area (Å²) in [6.45, 7) is 0.926. The Morgan fingerprint density at radius 3 is 2.84 bits per heavy atom. The molecule has 6 nitrogen and oxygen atoms in total. The summed E-state index contributed by atoms with van der Waals surface area (Å²) < 4.78 is 5.29. The zero-order valence-corrected chi connectivity index (χ0v) is 14.7. The number of hydrogen-bond acceptors (Lipinski definition) is 4. The van der Waals surface area contributed by atoms with Crippen LogP contribution in [0, 0.1) is 11.8 Å². The molecule has 2 atom stereocenters. The number of nitrogens with zero attached hydrogens (tertiary/aromatic N) is 1. The van der Waals surface area contributed by atoms with Gasteiger partial charge in [-0.25, -0.2) is 0 Å². The largest absolute Gasteiger partial charge is 0.467 e. The van der Waals surface area contributed by atoms with Gasteiger partial charge in [-0.05, 0) is 37.3 Å². The molecule has 1 aliphatic heterocycles. The summed E-state index contributed by atoms with van der Waals surface area (Å²) in [5.41, 5.74) is 0. The van der Waals surface area contributed by atoms with Crippen molar-refractivity contribution in [3.63, 3.8) is 0 Å². The van der Waals surface area contributed by atoms with E-state index in [-0.39, 0.29) is 36.8 Å². The van der Waals surface area contributed by atoms with Gasteiger partial charge in [0.1, 0.15) is 5.76 Å². The van der Waals surface area contributed by atoms with E-state index in [9.17, 15) is 14.7 Å². The SMILES string of the molecule is O=C(N[C@H](CCO)C1CCCCC1)[C@@H]1CC(=O)N(Cc2ccco2)C1. The summed E-state index contributed by atoms with van der Waals surface area (Å²) in [6, 6.07) is 3.65. The predicted octanol–water partition coefficient (Wildman–Crippen LogP) is 2.08. The fourth-order valence-corrected chi connectivity index (χ4v) is 4.09. The summed E-state index contributed by atoms with van der Waals surface area (Å²) in [5.74, 6) is 0.801. The van der Waals surface area contributed by atoms with Gasteiger partial charge in [-0.15, -0.1) is 0 Å². The van der Waals surface area contributed by atoms with Crippen molar-refractivity contribution in [2.24, 2.45) is 11.8 Å². The Morgan fingerprint density at radius 1 is 1.36 bits per heavy atom. The first kappa shape index (κ1) is 18.0. The average molecular weight is 348 g/mol. The van der Waals surface area contributed by atoms with E-state index in [2.05, 4.69) is 5.32 Å². The number of rotatable bonds is 7. The molecule has 2 fully saturated rings. The van der Waals surface area contributed by atoms with Crippen molar-refractivity contribution in [3.05, 3.63) is 24.2 Å². The molecule has 0 bridgehead atoms. The van der Waals surface area contributed by atoms with Crippen LogP contribution in [-0.4, -0.2) is 41.0 Å². The zero-order valence-electron chi connectivity index (χ0n) is 14.7. The van der Waals surface area contributed by atoms with E-state index in [1.165, 1.54) is 19.3 Å². The summed E-state index contributed by atoms with van der Waals surface area (Å²) in [6.07, 6.45) is 8.30. The quantitative estimate of drug-likeness (QED) is 0.790. The molecule has 25 heavy (non-hydrogen) atoms. The Morgan fingerprint density at radius 2 is 2.16 bits per heavy atom. The number of hydrogen-bond donors (Lipinski definition) is 2. The number of likely N-dealkylation sites (tertiary alicyclic amines) is 1. The zero-order chi connectivity index (χ0) is 17.6. The minimum absolute atomic E-state index is 0.00655. The highest BCUT2D eigenvalue weighted by Gasteiger charge is 2.36. The summed E-state index contributed by atoms with van der Waals surface area (Å²) in [5, 5.41) is 12.5. The monoisotopic (exact) mass is 348 g/mol. The van der Waals surface area contributed by atoms with Gasteiger partial charge in [0.15, 0.2) is 0 Å². The fraction of sp³-hybridized carbons (Fsp3) is 0.684. The minimum atomic E-state index is -0.313. The second kappa shape index (κ2) is 8.52. The van der Waals surface area contributed by atoms with E-state index >= 15 is 0 Å². The van der Waals surface area contributed by atoms with E-state index in [1.807, 2.05) is 6.07 Å². The number of aliphatic hydroxyl groups excluding tert-OH is 1. The maximum absolute atomic E-state index is 12.7. The highest BCUT2D eigenvalue weighted by molar-refractivity contribution is 5.89. The van der Waals surface area contributed by atoms with E-state index < -0.39 is 0 Å². The van der Waals surface area contributed by atoms with Crippen molar-refractivity contribution < 1.29 is 19.1 Å². The number of carbonyl (C=O) groups is 2. The van der Waals surface area contributed by atoms with Crippen molar-refractivity contribution in [1.82, 2.24) is 10.2 Å². The molecule has 2 amide bonds. The van der Waals surface area contributed by atoms with Crippen molar-refractivity contribution in [3.8, 4) is 0 Å². The van der Waals surface area contributed by atoms with Gasteiger partial charge < -0.3 is 19.7 Å². The van der Waals surface area contributed by atoms with Crippen LogP contribution in [0.2, 0.25) is 0 Å². The van der Waals surface area contributed by atoms with Gasteiger partial charge in [-0.1, -0.05) is 19.3 Å². The number of amides is 2. The van der Waals surface area contributed by atoms with Gasteiger partial charge in [0.2, 0.25) is 11.8 Å². The Kier molecular flexibility index (Phi) is 6.13. The van der Waals surface area contributed by atoms with Crippen LogP contribution >= 0.6 is 0 Å². The van der Waals surface area contributed by atoms with E-state index in [1.54, 1.807) is 17.2 Å². The van der Waals surface area contributed by atoms with Crippen molar-refractivity contribution >= 4 is 11.8 Å². The standard InChI is InChI=1S/C19H28N2O4/c22-9-8-17(14-5-2-1-3-6-14)20-19(24)15-11-18(23)21(12-15)13-16-7-4-10-25-16/h4,7,10,14-15,17,22H,1-3,5-6,8-9,11-13H2,(H,20,24)/t15-,17-/m1/s1. The van der Waals surface area contributed by atoms with Crippen LogP contribution in [0.4, 0.5) is 0 Å². The van der Waals surface area contributed by atoms with E-state index in [0.29, 0.717) is 25.4 Å². The average Bonchev–Trinajstić information content (AvgIpc) is 3.26.